The molecule has 0 spiro atoms. The molecule has 3 heteroatoms. The van der Waals surface area contributed by atoms with Crippen LogP contribution < -0.4 is 0 Å². The van der Waals surface area contributed by atoms with Gasteiger partial charge in [-0.15, -0.1) is 0 Å². The van der Waals surface area contributed by atoms with Crippen molar-refractivity contribution in [3.8, 4) is 22.3 Å². The van der Waals surface area contributed by atoms with Gasteiger partial charge in [0, 0.05) is 22.8 Å². The second-order valence-electron chi connectivity index (χ2n) is 4.98. The van der Waals surface area contributed by atoms with E-state index in [1.54, 1.807) is 17.6 Å². The van der Waals surface area contributed by atoms with E-state index in [1.807, 2.05) is 12.1 Å². The molecule has 3 aromatic rings. The minimum Gasteiger partial charge on any atom is -0.260 e. The van der Waals surface area contributed by atoms with Crippen LogP contribution in [-0.4, -0.2) is 10.5 Å². The summed E-state index contributed by atoms with van der Waals surface area (Å²) in [5, 5.41) is 4.27. The molecule has 0 amide bonds. The van der Waals surface area contributed by atoms with Gasteiger partial charge in [0.05, 0.1) is 0 Å². The van der Waals surface area contributed by atoms with Crippen LogP contribution in [-0.2, 0) is 16.6 Å². The molecule has 0 N–H and O–H groups in total. The Morgan fingerprint density at radius 3 is 2.38 bits per heavy atom. The lowest BCUT2D eigenvalue weighted by molar-refractivity contribution is 0.686. The highest BCUT2D eigenvalue weighted by Crippen LogP contribution is 2.33. The molecule has 0 saturated carbocycles. The Morgan fingerprint density at radius 2 is 1.71 bits per heavy atom. The molecule has 1 aromatic heterocycles. The van der Waals surface area contributed by atoms with Gasteiger partial charge in [-0.2, -0.15) is 11.3 Å². The Morgan fingerprint density at radius 1 is 0.952 bits per heavy atom. The van der Waals surface area contributed by atoms with Gasteiger partial charge in [-0.25, -0.2) is 0 Å². The summed E-state index contributed by atoms with van der Waals surface area (Å²) in [7, 11) is -0.814. The largest absolute Gasteiger partial charge is 0.260 e. The Balaban J connectivity index is 2.07. The van der Waals surface area contributed by atoms with Crippen LogP contribution in [0.2, 0.25) is 0 Å². The SMILES string of the molecule is CS(=O)Cc1cccc(-c2ccccc2-c2ccsc2)c1. The topological polar surface area (TPSA) is 17.1 Å². The van der Waals surface area contributed by atoms with Crippen molar-refractivity contribution >= 4 is 22.1 Å². The van der Waals surface area contributed by atoms with Gasteiger partial charge < -0.3 is 0 Å². The second-order valence-corrected chi connectivity index (χ2v) is 7.19. The van der Waals surface area contributed by atoms with Gasteiger partial charge in [0.15, 0.2) is 0 Å². The summed E-state index contributed by atoms with van der Waals surface area (Å²) < 4.78 is 11.4. The van der Waals surface area contributed by atoms with E-state index >= 15 is 0 Å². The zero-order valence-corrected chi connectivity index (χ0v) is 13.4. The monoisotopic (exact) mass is 312 g/mol. The Hall–Kier alpha value is -1.71. The van der Waals surface area contributed by atoms with E-state index in [-0.39, 0.29) is 0 Å². The van der Waals surface area contributed by atoms with Gasteiger partial charge in [-0.3, -0.25) is 4.21 Å². The average Bonchev–Trinajstić information content (AvgIpc) is 3.01. The number of hydrogen-bond donors (Lipinski definition) is 0. The predicted molar refractivity (Wildman–Crippen MR) is 93.0 cm³/mol. The van der Waals surface area contributed by atoms with E-state index in [4.69, 9.17) is 0 Å². The molecule has 21 heavy (non-hydrogen) atoms. The fourth-order valence-electron chi connectivity index (χ4n) is 2.47. The number of thiophene rings is 1. The molecule has 2 aromatic carbocycles. The highest BCUT2D eigenvalue weighted by atomic mass is 32.2. The van der Waals surface area contributed by atoms with Gasteiger partial charge in [-0.1, -0.05) is 48.5 Å². The fraction of sp³-hybridized carbons (Fsp3) is 0.111. The van der Waals surface area contributed by atoms with Crippen LogP contribution in [0.3, 0.4) is 0 Å². The molecule has 0 fully saturated rings. The standard InChI is InChI=1S/C18H16OS2/c1-21(19)13-14-5-4-6-15(11-14)17-7-2-3-8-18(17)16-9-10-20-12-16/h2-12H,13H2,1H3. The first-order chi connectivity index (χ1) is 10.2. The van der Waals surface area contributed by atoms with Gasteiger partial charge in [0.2, 0.25) is 0 Å². The van der Waals surface area contributed by atoms with Crippen LogP contribution in [0.1, 0.15) is 5.56 Å². The van der Waals surface area contributed by atoms with Crippen LogP contribution in [0.5, 0.6) is 0 Å². The lowest BCUT2D eigenvalue weighted by Gasteiger charge is -2.10. The smallest absolute Gasteiger partial charge is 0.0483 e. The van der Waals surface area contributed by atoms with Crippen molar-refractivity contribution in [2.75, 3.05) is 6.26 Å². The molecule has 1 unspecified atom stereocenters. The molecule has 0 aliphatic carbocycles. The second kappa shape index (κ2) is 6.37. The van der Waals surface area contributed by atoms with Crippen molar-refractivity contribution in [2.45, 2.75) is 5.75 Å². The maximum atomic E-state index is 11.4. The zero-order chi connectivity index (χ0) is 14.7. The Kier molecular flexibility index (Phi) is 4.32. The highest BCUT2D eigenvalue weighted by molar-refractivity contribution is 7.83. The molecule has 0 aliphatic rings. The number of benzene rings is 2. The van der Waals surface area contributed by atoms with E-state index in [0.717, 1.165) is 5.56 Å². The van der Waals surface area contributed by atoms with E-state index in [9.17, 15) is 4.21 Å². The van der Waals surface area contributed by atoms with Crippen molar-refractivity contribution in [3.63, 3.8) is 0 Å². The van der Waals surface area contributed by atoms with Crippen molar-refractivity contribution in [1.29, 1.82) is 0 Å². The molecule has 0 bridgehead atoms. The minimum absolute atomic E-state index is 0.606. The minimum atomic E-state index is -0.814. The number of rotatable bonds is 4. The van der Waals surface area contributed by atoms with Gasteiger partial charge in [-0.05, 0) is 44.6 Å². The molecule has 1 atom stereocenters. The zero-order valence-electron chi connectivity index (χ0n) is 11.8. The van der Waals surface area contributed by atoms with Crippen molar-refractivity contribution in [2.24, 2.45) is 0 Å². The summed E-state index contributed by atoms with van der Waals surface area (Å²) >= 11 is 1.71. The molecule has 0 aliphatic heterocycles. The molecule has 0 radical (unpaired) electrons. The first kappa shape index (κ1) is 14.2. The number of hydrogen-bond acceptors (Lipinski definition) is 2. The summed E-state index contributed by atoms with van der Waals surface area (Å²) in [4.78, 5) is 0. The van der Waals surface area contributed by atoms with Gasteiger partial charge in [0.25, 0.3) is 0 Å². The molecule has 1 nitrogen and oxygen atoms in total. The molecular weight excluding hydrogens is 296 g/mol. The molecule has 3 rings (SSSR count). The van der Waals surface area contributed by atoms with Crippen LogP contribution in [0.4, 0.5) is 0 Å². The van der Waals surface area contributed by atoms with E-state index in [1.165, 1.54) is 22.3 Å². The Labute approximate surface area is 131 Å². The lowest BCUT2D eigenvalue weighted by atomic mass is 9.95. The quantitative estimate of drug-likeness (QED) is 0.665. The highest BCUT2D eigenvalue weighted by Gasteiger charge is 2.08. The first-order valence-corrected chi connectivity index (χ1v) is 9.42. The Bertz CT molecular complexity index is 760. The van der Waals surface area contributed by atoms with E-state index in [0.29, 0.717) is 5.75 Å². The summed E-state index contributed by atoms with van der Waals surface area (Å²) in [5.41, 5.74) is 6.02. The van der Waals surface area contributed by atoms with Crippen molar-refractivity contribution < 1.29 is 4.21 Å². The molecular formula is C18H16OS2. The van der Waals surface area contributed by atoms with Crippen LogP contribution in [0, 0.1) is 0 Å². The normalized spacial score (nSPS) is 12.2. The predicted octanol–water partition coefficient (Wildman–Crippen LogP) is 4.96. The van der Waals surface area contributed by atoms with Gasteiger partial charge in [0.1, 0.15) is 0 Å². The third-order valence-corrected chi connectivity index (χ3v) is 4.79. The lowest BCUT2D eigenvalue weighted by Crippen LogP contribution is -1.92. The van der Waals surface area contributed by atoms with Crippen molar-refractivity contribution in [3.05, 3.63) is 70.9 Å². The maximum absolute atomic E-state index is 11.4. The summed E-state index contributed by atoms with van der Waals surface area (Å²) in [6.45, 7) is 0. The van der Waals surface area contributed by atoms with Crippen LogP contribution in [0.25, 0.3) is 22.3 Å². The molecule has 0 saturated heterocycles. The van der Waals surface area contributed by atoms with Gasteiger partial charge >= 0.3 is 0 Å². The summed E-state index contributed by atoms with van der Waals surface area (Å²) in [6, 6.07) is 18.9. The van der Waals surface area contributed by atoms with Crippen molar-refractivity contribution in [1.82, 2.24) is 0 Å². The first-order valence-electron chi connectivity index (χ1n) is 6.75. The summed E-state index contributed by atoms with van der Waals surface area (Å²) in [6.07, 6.45) is 1.74. The molecule has 106 valence electrons. The van der Waals surface area contributed by atoms with Crippen LogP contribution >= 0.6 is 11.3 Å². The fourth-order valence-corrected chi connectivity index (χ4v) is 3.77. The van der Waals surface area contributed by atoms with E-state index in [2.05, 4.69) is 53.2 Å². The van der Waals surface area contributed by atoms with Crippen LogP contribution in [0.15, 0.2) is 65.4 Å². The third kappa shape index (κ3) is 3.31. The van der Waals surface area contributed by atoms with E-state index < -0.39 is 10.8 Å². The molecule has 1 heterocycles. The maximum Gasteiger partial charge on any atom is 0.0483 e. The average molecular weight is 312 g/mol. The summed E-state index contributed by atoms with van der Waals surface area (Å²) in [5.74, 6) is 0.606. The third-order valence-electron chi connectivity index (χ3n) is 3.37.